The van der Waals surface area contributed by atoms with Crippen LogP contribution in [0.4, 0.5) is 17.1 Å². The van der Waals surface area contributed by atoms with Crippen LogP contribution in [0.1, 0.15) is 27.0 Å². The Kier molecular flexibility index (Phi) is 6.73. The van der Waals surface area contributed by atoms with Gasteiger partial charge in [-0.25, -0.2) is 4.79 Å². The van der Waals surface area contributed by atoms with Gasteiger partial charge in [-0.05, 0) is 60.0 Å². The van der Waals surface area contributed by atoms with Crippen LogP contribution in [0.5, 0.6) is 5.75 Å². The van der Waals surface area contributed by atoms with E-state index in [9.17, 15) is 4.79 Å². The van der Waals surface area contributed by atoms with Crippen molar-refractivity contribution in [1.29, 1.82) is 0 Å². The second-order valence-electron chi connectivity index (χ2n) is 10.5. The highest BCUT2D eigenvalue weighted by Crippen LogP contribution is 2.47. The molecule has 6 heteroatoms. The molecule has 0 spiro atoms. The number of nitrogens with zero attached hydrogens (tertiary/aromatic N) is 3. The molecule has 39 heavy (non-hydrogen) atoms. The fourth-order valence-electron chi connectivity index (χ4n) is 5.09. The lowest BCUT2D eigenvalue weighted by Gasteiger charge is -2.37. The summed E-state index contributed by atoms with van der Waals surface area (Å²) in [6, 6.07) is 24.9. The molecule has 0 N–H and O–H groups in total. The number of hydrogen-bond donors (Lipinski definition) is 0. The first-order valence-electron chi connectivity index (χ1n) is 12.9. The Labute approximate surface area is 230 Å². The Hall–Kier alpha value is -4.45. The summed E-state index contributed by atoms with van der Waals surface area (Å²) in [5.74, 6) is 0.267. The number of ether oxygens (including phenoxy) is 2. The number of methoxy groups -OCH3 is 1. The van der Waals surface area contributed by atoms with Crippen LogP contribution in [0.25, 0.3) is 16.8 Å². The molecule has 1 aliphatic rings. The molecule has 200 valence electrons. The van der Waals surface area contributed by atoms with Crippen molar-refractivity contribution in [2.45, 2.75) is 5.60 Å². The molecule has 5 rings (SSSR count). The normalized spacial score (nSPS) is 13.4. The van der Waals surface area contributed by atoms with Crippen molar-refractivity contribution < 1.29 is 14.3 Å². The van der Waals surface area contributed by atoms with E-state index in [1.54, 1.807) is 0 Å². The van der Waals surface area contributed by atoms with E-state index in [1.165, 1.54) is 7.11 Å². The Morgan fingerprint density at radius 2 is 1.23 bits per heavy atom. The van der Waals surface area contributed by atoms with Crippen molar-refractivity contribution in [3.63, 3.8) is 0 Å². The third kappa shape index (κ3) is 4.56. The molecule has 0 saturated carbocycles. The van der Waals surface area contributed by atoms with Gasteiger partial charge in [-0.15, -0.1) is 0 Å². The second kappa shape index (κ2) is 10.0. The predicted molar refractivity (Wildman–Crippen MR) is 162 cm³/mol. The molecule has 6 nitrogen and oxygen atoms in total. The van der Waals surface area contributed by atoms with E-state index in [2.05, 4.69) is 75.4 Å². The van der Waals surface area contributed by atoms with Crippen molar-refractivity contribution in [2.24, 2.45) is 0 Å². The minimum Gasteiger partial charge on any atom is -0.472 e. The molecule has 1 heterocycles. The Balaban J connectivity index is 1.78. The molecule has 0 aliphatic carbocycles. The molecule has 0 bridgehead atoms. The largest absolute Gasteiger partial charge is 0.472 e. The summed E-state index contributed by atoms with van der Waals surface area (Å²) in [7, 11) is 13.5. The maximum Gasteiger partial charge on any atom is 0.338 e. The number of carbonyl (C=O) groups is 1. The average molecular weight is 522 g/mol. The number of anilines is 3. The standard InChI is InChI=1S/C33H35N3O3/c1-34(2)25-14-9-23(10-15-25)33(24-11-16-26(17-12-24)35(3)4)19-18-28-30(32(37)38-7)20-22-8-13-27(36(5)6)21-29(22)31(28)39-33/h8-21H,1-7H3. The van der Waals surface area contributed by atoms with Crippen LogP contribution >= 0.6 is 0 Å². The fraction of sp³-hybridized carbons (Fsp3) is 0.242. The van der Waals surface area contributed by atoms with Gasteiger partial charge in [0.15, 0.2) is 5.60 Å². The maximum atomic E-state index is 12.9. The Morgan fingerprint density at radius 3 is 1.72 bits per heavy atom. The van der Waals surface area contributed by atoms with E-state index >= 15 is 0 Å². The smallest absolute Gasteiger partial charge is 0.338 e. The highest BCUT2D eigenvalue weighted by molar-refractivity contribution is 6.04. The second-order valence-corrected chi connectivity index (χ2v) is 10.5. The van der Waals surface area contributed by atoms with Crippen molar-refractivity contribution >= 4 is 39.9 Å². The highest BCUT2D eigenvalue weighted by Gasteiger charge is 2.39. The van der Waals surface area contributed by atoms with Gasteiger partial charge in [0.1, 0.15) is 5.75 Å². The molecule has 0 unspecified atom stereocenters. The van der Waals surface area contributed by atoms with Gasteiger partial charge in [0.2, 0.25) is 0 Å². The highest BCUT2D eigenvalue weighted by atomic mass is 16.5. The molecule has 0 radical (unpaired) electrons. The van der Waals surface area contributed by atoms with Crippen LogP contribution in [-0.4, -0.2) is 55.4 Å². The third-order valence-electron chi connectivity index (χ3n) is 7.41. The summed E-state index contributed by atoms with van der Waals surface area (Å²) < 4.78 is 12.3. The molecule has 0 amide bonds. The number of carbonyl (C=O) groups excluding carboxylic acids is 1. The van der Waals surface area contributed by atoms with E-state index in [-0.39, 0.29) is 0 Å². The lowest BCUT2D eigenvalue weighted by Crippen LogP contribution is -2.35. The number of hydrogen-bond acceptors (Lipinski definition) is 6. The molecule has 0 fully saturated rings. The predicted octanol–water partition coefficient (Wildman–Crippen LogP) is 6.17. The zero-order valence-electron chi connectivity index (χ0n) is 23.6. The summed E-state index contributed by atoms with van der Waals surface area (Å²) in [6.45, 7) is 0. The van der Waals surface area contributed by atoms with Gasteiger partial charge in [-0.1, -0.05) is 30.3 Å². The topological polar surface area (TPSA) is 45.2 Å². The molecule has 4 aromatic carbocycles. The molecular weight excluding hydrogens is 486 g/mol. The molecule has 4 aromatic rings. The molecule has 0 aromatic heterocycles. The number of fused-ring (bicyclic) bond motifs is 3. The first-order valence-corrected chi connectivity index (χ1v) is 12.9. The van der Waals surface area contributed by atoms with Crippen LogP contribution in [0, 0.1) is 0 Å². The van der Waals surface area contributed by atoms with Crippen molar-refractivity contribution in [2.75, 3.05) is 64.1 Å². The van der Waals surface area contributed by atoms with E-state index in [4.69, 9.17) is 9.47 Å². The van der Waals surface area contributed by atoms with Crippen LogP contribution in [0.3, 0.4) is 0 Å². The summed E-state index contributed by atoms with van der Waals surface area (Å²) in [6.07, 6.45) is 4.06. The molecule has 1 aliphatic heterocycles. The Bertz CT molecular complexity index is 1500. The SMILES string of the molecule is COC(=O)c1cc2ccc(N(C)C)cc2c2c1C=CC(c1ccc(N(C)C)cc1)(c1ccc(N(C)C)cc1)O2. The summed E-state index contributed by atoms with van der Waals surface area (Å²) in [4.78, 5) is 19.1. The summed E-state index contributed by atoms with van der Waals surface area (Å²) in [5, 5.41) is 1.85. The van der Waals surface area contributed by atoms with Crippen molar-refractivity contribution in [3.05, 3.63) is 101 Å². The number of benzene rings is 4. The molecule has 0 atom stereocenters. The van der Waals surface area contributed by atoms with Crippen molar-refractivity contribution in [3.8, 4) is 5.75 Å². The minimum atomic E-state index is -0.904. The lowest BCUT2D eigenvalue weighted by atomic mass is 9.82. The van der Waals surface area contributed by atoms with E-state index in [0.717, 1.165) is 44.5 Å². The van der Waals surface area contributed by atoms with Gasteiger partial charge >= 0.3 is 5.97 Å². The minimum absolute atomic E-state index is 0.392. The first kappa shape index (κ1) is 26.2. The number of esters is 1. The molecular formula is C33H35N3O3. The van der Waals surface area contributed by atoms with Gasteiger partial charge in [-0.3, -0.25) is 0 Å². The van der Waals surface area contributed by atoms with E-state index in [0.29, 0.717) is 11.3 Å². The fourth-order valence-corrected chi connectivity index (χ4v) is 5.09. The van der Waals surface area contributed by atoms with E-state index in [1.807, 2.05) is 66.6 Å². The van der Waals surface area contributed by atoms with Crippen molar-refractivity contribution in [1.82, 2.24) is 0 Å². The third-order valence-corrected chi connectivity index (χ3v) is 7.41. The van der Waals surface area contributed by atoms with Gasteiger partial charge in [0, 0.05) is 81.4 Å². The average Bonchev–Trinajstić information content (AvgIpc) is 2.95. The zero-order chi connectivity index (χ0) is 27.9. The first-order chi connectivity index (χ1) is 18.6. The summed E-state index contributed by atoms with van der Waals surface area (Å²) >= 11 is 0. The zero-order valence-corrected chi connectivity index (χ0v) is 23.6. The maximum absolute atomic E-state index is 12.9. The molecule has 0 saturated heterocycles. The van der Waals surface area contributed by atoms with Crippen LogP contribution < -0.4 is 19.4 Å². The van der Waals surface area contributed by atoms with Gasteiger partial charge in [0.05, 0.1) is 12.7 Å². The van der Waals surface area contributed by atoms with Gasteiger partial charge in [-0.2, -0.15) is 0 Å². The Morgan fingerprint density at radius 1 is 0.718 bits per heavy atom. The van der Waals surface area contributed by atoms with Gasteiger partial charge in [0.25, 0.3) is 0 Å². The number of rotatable bonds is 6. The quantitative estimate of drug-likeness (QED) is 0.283. The van der Waals surface area contributed by atoms with Crippen LogP contribution in [0.15, 0.2) is 78.9 Å². The van der Waals surface area contributed by atoms with Crippen LogP contribution in [0.2, 0.25) is 0 Å². The monoisotopic (exact) mass is 521 g/mol. The van der Waals surface area contributed by atoms with E-state index < -0.39 is 11.6 Å². The lowest BCUT2D eigenvalue weighted by molar-refractivity contribution is 0.0599. The van der Waals surface area contributed by atoms with Crippen LogP contribution in [-0.2, 0) is 10.3 Å². The summed E-state index contributed by atoms with van der Waals surface area (Å²) in [5.41, 5.74) is 5.53. The van der Waals surface area contributed by atoms with Gasteiger partial charge < -0.3 is 24.2 Å².